The van der Waals surface area contributed by atoms with Crippen molar-refractivity contribution < 1.29 is 9.53 Å². The Labute approximate surface area is 125 Å². The lowest BCUT2D eigenvalue weighted by atomic mass is 10.00. The molecule has 1 unspecified atom stereocenters. The molecule has 4 nitrogen and oxygen atoms in total. The molecule has 0 radical (unpaired) electrons. The van der Waals surface area contributed by atoms with E-state index in [1.807, 2.05) is 18.2 Å². The topological polar surface area (TPSA) is 50.4 Å². The highest BCUT2D eigenvalue weighted by atomic mass is 16.5. The quantitative estimate of drug-likeness (QED) is 0.834. The minimum Gasteiger partial charge on any atom is -0.490 e. The fourth-order valence-electron chi connectivity index (χ4n) is 2.93. The molecule has 1 aliphatic carbocycles. The van der Waals surface area contributed by atoms with Crippen molar-refractivity contribution in [2.75, 3.05) is 11.9 Å². The lowest BCUT2D eigenvalue weighted by Gasteiger charge is -2.14. The summed E-state index contributed by atoms with van der Waals surface area (Å²) in [6, 6.07) is 5.67. The molecule has 4 heteroatoms. The molecule has 2 aliphatic rings. The third kappa shape index (κ3) is 3.57. The number of carbonyl (C=O) groups is 1. The first-order valence-electron chi connectivity index (χ1n) is 7.73. The first-order valence-corrected chi connectivity index (χ1v) is 7.73. The lowest BCUT2D eigenvalue weighted by molar-refractivity contribution is 0.252. The molecule has 1 atom stereocenters. The zero-order valence-corrected chi connectivity index (χ0v) is 12.4. The second-order valence-corrected chi connectivity index (χ2v) is 5.87. The summed E-state index contributed by atoms with van der Waals surface area (Å²) in [6.07, 6.45) is 8.12. The van der Waals surface area contributed by atoms with Gasteiger partial charge >= 0.3 is 6.03 Å². The summed E-state index contributed by atoms with van der Waals surface area (Å²) in [7, 11) is 0. The molecule has 0 saturated carbocycles. The van der Waals surface area contributed by atoms with Gasteiger partial charge < -0.3 is 15.4 Å². The number of hydrogen-bond donors (Lipinski definition) is 2. The van der Waals surface area contributed by atoms with Gasteiger partial charge in [-0.3, -0.25) is 0 Å². The van der Waals surface area contributed by atoms with Gasteiger partial charge in [0, 0.05) is 18.7 Å². The van der Waals surface area contributed by atoms with Crippen molar-refractivity contribution in [3.63, 3.8) is 0 Å². The van der Waals surface area contributed by atoms with E-state index >= 15 is 0 Å². The van der Waals surface area contributed by atoms with Crippen LogP contribution in [0.5, 0.6) is 5.75 Å². The van der Waals surface area contributed by atoms with Gasteiger partial charge in [-0.05, 0) is 56.4 Å². The molecule has 0 saturated heterocycles. The molecule has 1 aromatic rings. The van der Waals surface area contributed by atoms with Gasteiger partial charge in [-0.25, -0.2) is 4.79 Å². The highest BCUT2D eigenvalue weighted by Crippen LogP contribution is 2.30. The number of urea groups is 1. The van der Waals surface area contributed by atoms with Gasteiger partial charge in [-0.2, -0.15) is 0 Å². The Balaban J connectivity index is 1.53. The maximum Gasteiger partial charge on any atom is 0.319 e. The molecule has 1 aromatic carbocycles. The number of rotatable bonds is 3. The Kier molecular flexibility index (Phi) is 4.13. The fourth-order valence-corrected chi connectivity index (χ4v) is 2.93. The summed E-state index contributed by atoms with van der Waals surface area (Å²) in [5.41, 5.74) is 3.32. The maximum absolute atomic E-state index is 11.9. The van der Waals surface area contributed by atoms with Crippen molar-refractivity contribution in [3.8, 4) is 5.75 Å². The average molecular weight is 286 g/mol. The summed E-state index contributed by atoms with van der Waals surface area (Å²) in [5.74, 6) is 0.931. The fraction of sp³-hybridized carbons (Fsp3) is 0.471. The van der Waals surface area contributed by atoms with E-state index in [0.717, 1.165) is 36.3 Å². The van der Waals surface area contributed by atoms with Crippen LogP contribution in [0.3, 0.4) is 0 Å². The molecular weight excluding hydrogens is 264 g/mol. The SMILES string of the molecule is CC1Cc2cc(NC(=O)NCC3=CCCCC3)ccc2O1. The van der Waals surface area contributed by atoms with Crippen molar-refractivity contribution in [2.24, 2.45) is 0 Å². The van der Waals surface area contributed by atoms with E-state index in [2.05, 4.69) is 23.6 Å². The van der Waals surface area contributed by atoms with Crippen LogP contribution in [0.1, 0.15) is 38.2 Å². The highest BCUT2D eigenvalue weighted by Gasteiger charge is 2.19. The first-order chi connectivity index (χ1) is 10.2. The number of hydrogen-bond acceptors (Lipinski definition) is 2. The van der Waals surface area contributed by atoms with Crippen LogP contribution in [-0.4, -0.2) is 18.7 Å². The third-order valence-corrected chi connectivity index (χ3v) is 4.01. The second-order valence-electron chi connectivity index (χ2n) is 5.87. The van der Waals surface area contributed by atoms with Gasteiger partial charge in [0.25, 0.3) is 0 Å². The number of allylic oxidation sites excluding steroid dienone is 1. The summed E-state index contributed by atoms with van der Waals surface area (Å²) < 4.78 is 5.66. The van der Waals surface area contributed by atoms with Crippen molar-refractivity contribution >= 4 is 11.7 Å². The van der Waals surface area contributed by atoms with Crippen LogP contribution in [0.25, 0.3) is 0 Å². The lowest BCUT2D eigenvalue weighted by Crippen LogP contribution is -2.30. The highest BCUT2D eigenvalue weighted by molar-refractivity contribution is 5.89. The number of ether oxygens (including phenoxy) is 1. The minimum absolute atomic E-state index is 0.145. The minimum atomic E-state index is -0.145. The van der Waals surface area contributed by atoms with Gasteiger partial charge in [-0.15, -0.1) is 0 Å². The predicted octanol–water partition coefficient (Wildman–Crippen LogP) is 3.63. The Hall–Kier alpha value is -1.97. The Morgan fingerprint density at radius 2 is 2.29 bits per heavy atom. The summed E-state index contributed by atoms with van der Waals surface area (Å²) in [5, 5.41) is 5.82. The number of benzene rings is 1. The molecule has 0 spiro atoms. The number of nitrogens with one attached hydrogen (secondary N) is 2. The van der Waals surface area contributed by atoms with Gasteiger partial charge in [-0.1, -0.05) is 11.6 Å². The van der Waals surface area contributed by atoms with Crippen LogP contribution < -0.4 is 15.4 Å². The Bertz CT molecular complexity index is 566. The van der Waals surface area contributed by atoms with Crippen LogP contribution in [0.15, 0.2) is 29.8 Å². The average Bonchev–Trinajstić information content (AvgIpc) is 2.85. The number of carbonyl (C=O) groups excluding carboxylic acids is 1. The van der Waals surface area contributed by atoms with Crippen molar-refractivity contribution in [3.05, 3.63) is 35.4 Å². The molecule has 0 fully saturated rings. The van der Waals surface area contributed by atoms with Crippen molar-refractivity contribution in [1.82, 2.24) is 5.32 Å². The molecule has 1 aliphatic heterocycles. The molecule has 1 heterocycles. The van der Waals surface area contributed by atoms with Gasteiger partial charge in [0.2, 0.25) is 0 Å². The van der Waals surface area contributed by atoms with E-state index in [-0.39, 0.29) is 12.1 Å². The molecule has 3 rings (SSSR count). The monoisotopic (exact) mass is 286 g/mol. The van der Waals surface area contributed by atoms with E-state index in [1.165, 1.54) is 18.4 Å². The van der Waals surface area contributed by atoms with Crippen molar-refractivity contribution in [1.29, 1.82) is 0 Å². The molecule has 2 amide bonds. The zero-order valence-electron chi connectivity index (χ0n) is 12.4. The first kappa shape index (κ1) is 14.0. The Morgan fingerprint density at radius 3 is 3.10 bits per heavy atom. The summed E-state index contributed by atoms with van der Waals surface area (Å²) >= 11 is 0. The van der Waals surface area contributed by atoms with E-state index in [9.17, 15) is 4.79 Å². The maximum atomic E-state index is 11.9. The molecule has 2 N–H and O–H groups in total. The number of amides is 2. The summed E-state index contributed by atoms with van der Waals surface area (Å²) in [6.45, 7) is 2.70. The molecular formula is C17H22N2O2. The van der Waals surface area contributed by atoms with Crippen LogP contribution in [-0.2, 0) is 6.42 Å². The normalized spacial score (nSPS) is 20.2. The van der Waals surface area contributed by atoms with Crippen LogP contribution in [0.2, 0.25) is 0 Å². The predicted molar refractivity (Wildman–Crippen MR) is 83.8 cm³/mol. The van der Waals surface area contributed by atoms with Crippen LogP contribution >= 0.6 is 0 Å². The Morgan fingerprint density at radius 1 is 1.38 bits per heavy atom. The van der Waals surface area contributed by atoms with E-state index in [0.29, 0.717) is 6.54 Å². The second kappa shape index (κ2) is 6.20. The molecule has 0 aromatic heterocycles. The molecule has 21 heavy (non-hydrogen) atoms. The summed E-state index contributed by atoms with van der Waals surface area (Å²) in [4.78, 5) is 11.9. The smallest absolute Gasteiger partial charge is 0.319 e. The van der Waals surface area contributed by atoms with Crippen LogP contribution in [0, 0.1) is 0 Å². The van der Waals surface area contributed by atoms with Crippen molar-refractivity contribution in [2.45, 2.75) is 45.1 Å². The van der Waals surface area contributed by atoms with E-state index in [4.69, 9.17) is 4.74 Å². The molecule has 112 valence electrons. The van der Waals surface area contributed by atoms with Gasteiger partial charge in [0.1, 0.15) is 11.9 Å². The third-order valence-electron chi connectivity index (χ3n) is 4.01. The van der Waals surface area contributed by atoms with Gasteiger partial charge in [0.15, 0.2) is 0 Å². The standard InChI is InChI=1S/C17H22N2O2/c1-12-9-14-10-15(7-8-16(14)21-12)19-17(20)18-11-13-5-3-2-4-6-13/h5,7-8,10,12H,2-4,6,9,11H2,1H3,(H2,18,19,20). The number of fused-ring (bicyclic) bond motifs is 1. The van der Waals surface area contributed by atoms with E-state index < -0.39 is 0 Å². The van der Waals surface area contributed by atoms with E-state index in [1.54, 1.807) is 0 Å². The number of anilines is 1. The largest absolute Gasteiger partial charge is 0.490 e. The van der Waals surface area contributed by atoms with Gasteiger partial charge in [0.05, 0.1) is 0 Å². The van der Waals surface area contributed by atoms with Crippen LogP contribution in [0.4, 0.5) is 10.5 Å². The molecule has 0 bridgehead atoms. The zero-order chi connectivity index (χ0) is 14.7.